The van der Waals surface area contributed by atoms with Crippen LogP contribution in [0, 0.1) is 5.92 Å². The average Bonchev–Trinajstić information content (AvgIpc) is 2.54. The minimum Gasteiger partial charge on any atom is -0.256 e. The predicted octanol–water partition coefficient (Wildman–Crippen LogP) is 5.66. The molecule has 3 rings (SSSR count). The minimum absolute atomic E-state index is 0.0874. The van der Waals surface area contributed by atoms with Crippen LogP contribution in [0.15, 0.2) is 66.4 Å². The Morgan fingerprint density at radius 3 is 2.48 bits per heavy atom. The number of rotatable bonds is 2. The predicted molar refractivity (Wildman–Crippen MR) is 85.6 cm³/mol. The van der Waals surface area contributed by atoms with Gasteiger partial charge in [0.15, 0.2) is 0 Å². The van der Waals surface area contributed by atoms with Crippen molar-refractivity contribution in [1.82, 2.24) is 4.98 Å². The highest BCUT2D eigenvalue weighted by Gasteiger charge is 2.37. The van der Waals surface area contributed by atoms with Crippen molar-refractivity contribution in [2.45, 2.75) is 19.5 Å². The minimum atomic E-state index is -4.35. The highest BCUT2D eigenvalue weighted by Crippen LogP contribution is 2.41. The van der Waals surface area contributed by atoms with Gasteiger partial charge >= 0.3 is 6.18 Å². The molecule has 4 heteroatoms. The topological polar surface area (TPSA) is 12.9 Å². The third-order valence-corrected chi connectivity index (χ3v) is 3.88. The highest BCUT2D eigenvalue weighted by atomic mass is 19.4. The molecule has 0 bridgehead atoms. The van der Waals surface area contributed by atoms with Crippen molar-refractivity contribution < 1.29 is 13.2 Å². The molecule has 1 atom stereocenters. The van der Waals surface area contributed by atoms with Gasteiger partial charge in [0.2, 0.25) is 0 Å². The summed E-state index contributed by atoms with van der Waals surface area (Å²) in [6, 6.07) is 12.8. The summed E-state index contributed by atoms with van der Waals surface area (Å²) >= 11 is 0. The summed E-state index contributed by atoms with van der Waals surface area (Å²) in [6.07, 6.45) is 0.623. The van der Waals surface area contributed by atoms with Crippen LogP contribution in [-0.4, -0.2) is 11.2 Å². The highest BCUT2D eigenvalue weighted by molar-refractivity contribution is 5.82. The molecule has 0 saturated carbocycles. The summed E-state index contributed by atoms with van der Waals surface area (Å²) in [7, 11) is 0. The molecule has 1 aliphatic rings. The molecule has 1 aromatic heterocycles. The zero-order valence-electron chi connectivity index (χ0n) is 12.6. The number of hydrogen-bond acceptors (Lipinski definition) is 1. The Labute approximate surface area is 133 Å². The van der Waals surface area contributed by atoms with Gasteiger partial charge in [-0.15, -0.1) is 0 Å². The van der Waals surface area contributed by atoms with Gasteiger partial charge in [-0.25, -0.2) is 0 Å². The molecule has 0 radical (unpaired) electrons. The SMILES string of the molecule is CC1C=C(c2ccnc(-c3ccccc3)c2)C(C(F)(F)F)=CC1. The molecule has 118 valence electrons. The second-order valence-corrected chi connectivity index (χ2v) is 5.70. The first-order valence-corrected chi connectivity index (χ1v) is 7.46. The van der Waals surface area contributed by atoms with E-state index in [1.54, 1.807) is 24.4 Å². The Bertz CT molecular complexity index is 758. The van der Waals surface area contributed by atoms with Gasteiger partial charge in [-0.2, -0.15) is 13.2 Å². The molecule has 0 amide bonds. The Morgan fingerprint density at radius 1 is 1.04 bits per heavy atom. The van der Waals surface area contributed by atoms with Gasteiger partial charge < -0.3 is 0 Å². The summed E-state index contributed by atoms with van der Waals surface area (Å²) in [5, 5.41) is 0. The number of nitrogens with zero attached hydrogens (tertiary/aromatic N) is 1. The first-order valence-electron chi connectivity index (χ1n) is 7.46. The van der Waals surface area contributed by atoms with Crippen molar-refractivity contribution in [3.63, 3.8) is 0 Å². The molecule has 0 N–H and O–H groups in total. The third kappa shape index (κ3) is 3.36. The number of allylic oxidation sites excluding steroid dienone is 4. The Balaban J connectivity index is 2.05. The van der Waals surface area contributed by atoms with Crippen molar-refractivity contribution in [3.8, 4) is 11.3 Å². The maximum atomic E-state index is 13.3. The van der Waals surface area contributed by atoms with Crippen LogP contribution in [0.25, 0.3) is 16.8 Å². The van der Waals surface area contributed by atoms with Crippen LogP contribution < -0.4 is 0 Å². The van der Waals surface area contributed by atoms with Gasteiger partial charge in [-0.05, 0) is 35.6 Å². The van der Waals surface area contributed by atoms with Gasteiger partial charge in [-0.1, -0.05) is 49.4 Å². The zero-order chi connectivity index (χ0) is 16.4. The van der Waals surface area contributed by atoms with Crippen molar-refractivity contribution in [3.05, 3.63) is 72.0 Å². The molecule has 0 spiro atoms. The smallest absolute Gasteiger partial charge is 0.256 e. The molecule has 0 fully saturated rings. The fraction of sp³-hybridized carbons (Fsp3) is 0.211. The van der Waals surface area contributed by atoms with E-state index in [1.165, 1.54) is 6.08 Å². The molecule has 1 nitrogen and oxygen atoms in total. The third-order valence-electron chi connectivity index (χ3n) is 3.88. The van der Waals surface area contributed by atoms with E-state index in [2.05, 4.69) is 4.98 Å². The Kier molecular flexibility index (Phi) is 4.07. The van der Waals surface area contributed by atoms with Crippen LogP contribution in [0.1, 0.15) is 18.9 Å². The lowest BCUT2D eigenvalue weighted by Gasteiger charge is -2.22. The Morgan fingerprint density at radius 2 is 1.78 bits per heavy atom. The van der Waals surface area contributed by atoms with Gasteiger partial charge in [0, 0.05) is 11.8 Å². The van der Waals surface area contributed by atoms with Crippen LogP contribution in [0.3, 0.4) is 0 Å². The van der Waals surface area contributed by atoms with Crippen LogP contribution in [0.2, 0.25) is 0 Å². The van der Waals surface area contributed by atoms with Gasteiger partial charge in [0.05, 0.1) is 11.3 Å². The molecule has 1 heterocycles. The molecule has 0 saturated heterocycles. The standard InChI is InChI=1S/C19H16F3N/c1-13-7-8-17(19(20,21)22)16(11-13)15-9-10-23-18(12-15)14-5-3-2-4-6-14/h2-6,8-13H,7H2,1H3. The van der Waals surface area contributed by atoms with E-state index in [1.807, 2.05) is 37.3 Å². The average molecular weight is 315 g/mol. The maximum Gasteiger partial charge on any atom is 0.416 e. The van der Waals surface area contributed by atoms with Crippen molar-refractivity contribution in [1.29, 1.82) is 0 Å². The van der Waals surface area contributed by atoms with Crippen molar-refractivity contribution in [2.75, 3.05) is 0 Å². The van der Waals surface area contributed by atoms with Crippen LogP contribution >= 0.6 is 0 Å². The quantitative estimate of drug-likeness (QED) is 0.697. The number of aromatic nitrogens is 1. The van der Waals surface area contributed by atoms with Gasteiger partial charge in [0.25, 0.3) is 0 Å². The monoisotopic (exact) mass is 315 g/mol. The molecule has 0 aliphatic heterocycles. The molecule has 1 aromatic carbocycles. The second-order valence-electron chi connectivity index (χ2n) is 5.70. The number of alkyl halides is 3. The Hall–Kier alpha value is -2.36. The molecule has 23 heavy (non-hydrogen) atoms. The molecule has 1 unspecified atom stereocenters. The number of pyridine rings is 1. The number of hydrogen-bond donors (Lipinski definition) is 0. The first-order chi connectivity index (χ1) is 10.9. The largest absolute Gasteiger partial charge is 0.416 e. The lowest BCUT2D eigenvalue weighted by Crippen LogP contribution is -2.17. The van der Waals surface area contributed by atoms with Crippen LogP contribution in [0.4, 0.5) is 13.2 Å². The summed E-state index contributed by atoms with van der Waals surface area (Å²) in [4.78, 5) is 4.28. The number of benzene rings is 1. The molecular weight excluding hydrogens is 299 g/mol. The van der Waals surface area contributed by atoms with E-state index in [0.717, 1.165) is 5.56 Å². The maximum absolute atomic E-state index is 13.3. The second kappa shape index (κ2) is 6.03. The number of halogens is 3. The van der Waals surface area contributed by atoms with E-state index in [0.29, 0.717) is 17.7 Å². The fourth-order valence-corrected chi connectivity index (χ4v) is 2.74. The summed E-state index contributed by atoms with van der Waals surface area (Å²) in [5.74, 6) is 0.0874. The molecule has 2 aromatic rings. The van der Waals surface area contributed by atoms with E-state index < -0.39 is 11.7 Å². The van der Waals surface area contributed by atoms with E-state index in [-0.39, 0.29) is 11.5 Å². The van der Waals surface area contributed by atoms with Gasteiger partial charge in [0.1, 0.15) is 0 Å². The van der Waals surface area contributed by atoms with E-state index in [9.17, 15) is 13.2 Å². The lowest BCUT2D eigenvalue weighted by atomic mass is 9.87. The van der Waals surface area contributed by atoms with Gasteiger partial charge in [-0.3, -0.25) is 4.98 Å². The summed E-state index contributed by atoms with van der Waals surface area (Å²) in [5.41, 5.74) is 1.80. The zero-order valence-corrected chi connectivity index (χ0v) is 12.6. The molecular formula is C19H16F3N. The van der Waals surface area contributed by atoms with Crippen molar-refractivity contribution in [2.24, 2.45) is 5.92 Å². The lowest BCUT2D eigenvalue weighted by molar-refractivity contribution is -0.0875. The van der Waals surface area contributed by atoms with Crippen molar-refractivity contribution >= 4 is 5.57 Å². The fourth-order valence-electron chi connectivity index (χ4n) is 2.74. The normalized spacial score (nSPS) is 18.3. The first kappa shape index (κ1) is 15.5. The summed E-state index contributed by atoms with van der Waals surface area (Å²) in [6.45, 7) is 1.92. The van der Waals surface area contributed by atoms with Crippen LogP contribution in [-0.2, 0) is 0 Å². The van der Waals surface area contributed by atoms with Crippen LogP contribution in [0.5, 0.6) is 0 Å². The van der Waals surface area contributed by atoms with E-state index >= 15 is 0 Å². The summed E-state index contributed by atoms with van der Waals surface area (Å²) < 4.78 is 39.9. The molecule has 1 aliphatic carbocycles. The van der Waals surface area contributed by atoms with E-state index in [4.69, 9.17) is 0 Å².